The van der Waals surface area contributed by atoms with Gasteiger partial charge in [0.05, 0.1) is 17.7 Å². The number of nitrogens with zero attached hydrogens (tertiary/aromatic N) is 4. The Balaban J connectivity index is 1.75. The number of aromatic nitrogens is 4. The molecular formula is C19H17FN6O2S. The maximum atomic E-state index is 13.3. The van der Waals surface area contributed by atoms with Gasteiger partial charge in [-0.2, -0.15) is 11.0 Å². The lowest BCUT2D eigenvalue weighted by molar-refractivity contribution is -0.195. The molecule has 0 radical (unpaired) electrons. The van der Waals surface area contributed by atoms with E-state index in [0.717, 1.165) is 39.4 Å². The standard InChI is InChI=1S/C19H17FN6O2S/c1-11-16-17(26(2)25-11)19(22-14-7-9-15(10-8-14)29-28-27-21)24-18(23-16)12-3-5-13(20)6-4-12/h3-10H,21H2,1-2H3,(H,22,23,24). The SMILES string of the molecule is Cc1nn(C)c2c(Nc3ccc(SOON)cc3)nc(-c3ccc(F)cc3)nc12. The van der Waals surface area contributed by atoms with Gasteiger partial charge in [0.25, 0.3) is 0 Å². The van der Waals surface area contributed by atoms with Crippen LogP contribution < -0.4 is 11.2 Å². The molecule has 8 nitrogen and oxygen atoms in total. The largest absolute Gasteiger partial charge is 0.338 e. The van der Waals surface area contributed by atoms with Crippen LogP contribution in [0.2, 0.25) is 0 Å². The molecule has 2 heterocycles. The van der Waals surface area contributed by atoms with E-state index in [4.69, 9.17) is 5.90 Å². The smallest absolute Gasteiger partial charge is 0.162 e. The van der Waals surface area contributed by atoms with E-state index in [1.807, 2.05) is 38.2 Å². The van der Waals surface area contributed by atoms with E-state index < -0.39 is 0 Å². The highest BCUT2D eigenvalue weighted by molar-refractivity contribution is 7.94. The average molecular weight is 412 g/mol. The first-order valence-electron chi connectivity index (χ1n) is 8.59. The number of aryl methyl sites for hydroxylation is 2. The van der Waals surface area contributed by atoms with E-state index in [-0.39, 0.29) is 5.82 Å². The third-order valence-corrected chi connectivity index (χ3v) is 4.85. The molecule has 0 bridgehead atoms. The maximum absolute atomic E-state index is 13.3. The highest BCUT2D eigenvalue weighted by Gasteiger charge is 2.16. The van der Waals surface area contributed by atoms with Crippen LogP contribution in [0, 0.1) is 12.7 Å². The summed E-state index contributed by atoms with van der Waals surface area (Å²) < 4.78 is 19.7. The molecule has 4 rings (SSSR count). The summed E-state index contributed by atoms with van der Waals surface area (Å²) in [5, 5.41) is 7.77. The van der Waals surface area contributed by atoms with Gasteiger partial charge in [0, 0.05) is 23.2 Å². The lowest BCUT2D eigenvalue weighted by Crippen LogP contribution is -2.02. The van der Waals surface area contributed by atoms with Gasteiger partial charge in [-0.05, 0) is 55.5 Å². The van der Waals surface area contributed by atoms with Crippen LogP contribution in [0.25, 0.3) is 22.4 Å². The van der Waals surface area contributed by atoms with Gasteiger partial charge < -0.3 is 5.32 Å². The minimum absolute atomic E-state index is 0.312. The van der Waals surface area contributed by atoms with Crippen LogP contribution in [0.3, 0.4) is 0 Å². The lowest BCUT2D eigenvalue weighted by atomic mass is 10.2. The Labute approximate surface area is 170 Å². The van der Waals surface area contributed by atoms with Crippen molar-refractivity contribution in [3.05, 3.63) is 60.0 Å². The van der Waals surface area contributed by atoms with Crippen molar-refractivity contribution in [3.63, 3.8) is 0 Å². The van der Waals surface area contributed by atoms with E-state index in [0.29, 0.717) is 17.2 Å². The first kappa shape index (κ1) is 19.3. The van der Waals surface area contributed by atoms with Crippen molar-refractivity contribution in [2.45, 2.75) is 11.8 Å². The molecule has 3 N–H and O–H groups in total. The predicted octanol–water partition coefficient (Wildman–Crippen LogP) is 4.05. The Kier molecular flexibility index (Phi) is 5.41. The minimum Gasteiger partial charge on any atom is -0.338 e. The van der Waals surface area contributed by atoms with E-state index in [1.54, 1.807) is 16.8 Å². The maximum Gasteiger partial charge on any atom is 0.162 e. The molecule has 0 amide bonds. The molecule has 0 saturated heterocycles. The number of fused-ring (bicyclic) bond motifs is 1. The number of benzene rings is 2. The van der Waals surface area contributed by atoms with Gasteiger partial charge >= 0.3 is 0 Å². The van der Waals surface area contributed by atoms with Gasteiger partial charge in [-0.1, -0.05) is 0 Å². The Morgan fingerprint density at radius 2 is 1.79 bits per heavy atom. The summed E-state index contributed by atoms with van der Waals surface area (Å²) in [5.41, 5.74) is 3.80. The van der Waals surface area contributed by atoms with Crippen LogP contribution in [0.1, 0.15) is 5.69 Å². The summed E-state index contributed by atoms with van der Waals surface area (Å²) in [6.45, 7) is 1.89. The monoisotopic (exact) mass is 412 g/mol. The quantitative estimate of drug-likeness (QED) is 0.278. The Bertz CT molecular complexity index is 1150. The van der Waals surface area contributed by atoms with Crippen LogP contribution >= 0.6 is 12.0 Å². The number of anilines is 2. The van der Waals surface area contributed by atoms with Gasteiger partial charge in [0.1, 0.15) is 16.9 Å². The summed E-state index contributed by atoms with van der Waals surface area (Å²) in [7, 11) is 1.84. The molecule has 0 spiro atoms. The first-order valence-corrected chi connectivity index (χ1v) is 9.34. The molecule has 0 fully saturated rings. The van der Waals surface area contributed by atoms with Gasteiger partial charge in [-0.3, -0.25) is 4.68 Å². The van der Waals surface area contributed by atoms with Gasteiger partial charge in [-0.15, -0.1) is 9.32 Å². The number of rotatable bonds is 6. The lowest BCUT2D eigenvalue weighted by Gasteiger charge is -2.10. The van der Waals surface area contributed by atoms with Crippen LogP contribution in [-0.2, 0) is 16.4 Å². The first-order chi connectivity index (χ1) is 14.0. The number of halogens is 1. The summed E-state index contributed by atoms with van der Waals surface area (Å²) in [6.07, 6.45) is 0. The van der Waals surface area contributed by atoms with Crippen molar-refractivity contribution < 1.29 is 13.7 Å². The molecule has 0 unspecified atom stereocenters. The van der Waals surface area contributed by atoms with Gasteiger partial charge in [0.15, 0.2) is 11.6 Å². The fourth-order valence-electron chi connectivity index (χ4n) is 2.94. The fraction of sp³-hybridized carbons (Fsp3) is 0.105. The third kappa shape index (κ3) is 4.05. The molecule has 148 valence electrons. The Morgan fingerprint density at radius 1 is 1.07 bits per heavy atom. The van der Waals surface area contributed by atoms with Crippen molar-refractivity contribution in [3.8, 4) is 11.4 Å². The third-order valence-electron chi connectivity index (χ3n) is 4.24. The van der Waals surface area contributed by atoms with Crippen molar-refractivity contribution in [1.29, 1.82) is 0 Å². The van der Waals surface area contributed by atoms with Crippen molar-refractivity contribution in [2.24, 2.45) is 12.9 Å². The van der Waals surface area contributed by atoms with Crippen molar-refractivity contribution >= 4 is 34.6 Å². The number of hydrogen-bond acceptors (Lipinski definition) is 8. The van der Waals surface area contributed by atoms with Crippen molar-refractivity contribution in [2.75, 3.05) is 5.32 Å². The molecule has 0 aliphatic carbocycles. The zero-order valence-corrected chi connectivity index (χ0v) is 16.4. The topological polar surface area (TPSA) is 100 Å². The van der Waals surface area contributed by atoms with Crippen LogP contribution in [-0.4, -0.2) is 19.7 Å². The molecule has 0 atom stereocenters. The minimum atomic E-state index is -0.312. The van der Waals surface area contributed by atoms with Crippen LogP contribution in [0.15, 0.2) is 53.4 Å². The number of hydrogen-bond donors (Lipinski definition) is 2. The number of nitrogens with one attached hydrogen (secondary N) is 1. The molecule has 2 aromatic carbocycles. The number of nitrogens with two attached hydrogens (primary N) is 1. The molecule has 4 aromatic rings. The average Bonchev–Trinajstić information content (AvgIpc) is 3.02. The zero-order chi connectivity index (χ0) is 20.4. The Morgan fingerprint density at radius 3 is 2.48 bits per heavy atom. The van der Waals surface area contributed by atoms with Crippen LogP contribution in [0.4, 0.5) is 15.9 Å². The molecule has 10 heteroatoms. The second-order valence-electron chi connectivity index (χ2n) is 6.21. The predicted molar refractivity (Wildman–Crippen MR) is 108 cm³/mol. The van der Waals surface area contributed by atoms with E-state index in [1.165, 1.54) is 12.1 Å². The fourth-order valence-corrected chi connectivity index (χ4v) is 3.31. The zero-order valence-electron chi connectivity index (χ0n) is 15.6. The Hall–Kier alpha value is -3.05. The van der Waals surface area contributed by atoms with Crippen molar-refractivity contribution in [1.82, 2.24) is 19.7 Å². The second kappa shape index (κ2) is 8.13. The molecule has 0 saturated carbocycles. The van der Waals surface area contributed by atoms with E-state index in [9.17, 15) is 4.39 Å². The molecule has 29 heavy (non-hydrogen) atoms. The highest BCUT2D eigenvalue weighted by atomic mass is 32.2. The molecule has 0 aliphatic heterocycles. The van der Waals surface area contributed by atoms with E-state index >= 15 is 0 Å². The highest BCUT2D eigenvalue weighted by Crippen LogP contribution is 2.29. The molecular weight excluding hydrogens is 395 g/mol. The van der Waals surface area contributed by atoms with E-state index in [2.05, 4.69) is 29.7 Å². The van der Waals surface area contributed by atoms with Gasteiger partial charge in [0.2, 0.25) is 0 Å². The van der Waals surface area contributed by atoms with Crippen LogP contribution in [0.5, 0.6) is 0 Å². The summed E-state index contributed by atoms with van der Waals surface area (Å²) in [4.78, 5) is 14.2. The summed E-state index contributed by atoms with van der Waals surface area (Å²) in [5.74, 6) is 5.62. The van der Waals surface area contributed by atoms with Gasteiger partial charge in [-0.25, -0.2) is 14.4 Å². The second-order valence-corrected chi connectivity index (χ2v) is 6.98. The normalized spacial score (nSPS) is 11.2. The summed E-state index contributed by atoms with van der Waals surface area (Å²) in [6, 6.07) is 13.5. The molecule has 2 aromatic heterocycles. The summed E-state index contributed by atoms with van der Waals surface area (Å²) >= 11 is 0.999. The molecule has 0 aliphatic rings.